The van der Waals surface area contributed by atoms with E-state index in [1.54, 1.807) is 36.5 Å². The largest absolute Gasteiger partial charge is 0.478 e. The predicted octanol–water partition coefficient (Wildman–Crippen LogP) is 3.65. The van der Waals surface area contributed by atoms with Crippen LogP contribution in [0.15, 0.2) is 42.6 Å². The van der Waals surface area contributed by atoms with Crippen LogP contribution in [0.4, 0.5) is 5.82 Å². The Morgan fingerprint density at radius 3 is 2.42 bits per heavy atom. The molecule has 0 aliphatic rings. The number of carbonyl (C=O) groups excluding carboxylic acids is 1. The molecule has 0 unspecified atom stereocenters. The van der Waals surface area contributed by atoms with E-state index in [4.69, 9.17) is 5.11 Å². The number of anilines is 1. The summed E-state index contributed by atoms with van der Waals surface area (Å²) in [6, 6.07) is 10.4. The summed E-state index contributed by atoms with van der Waals surface area (Å²) in [5.74, 6) is -0.670. The van der Waals surface area contributed by atoms with Crippen LogP contribution in [0.5, 0.6) is 0 Å². The number of nitrogens with zero attached hydrogens (tertiary/aromatic N) is 1. The van der Waals surface area contributed by atoms with Crippen molar-refractivity contribution in [1.29, 1.82) is 0 Å². The van der Waals surface area contributed by atoms with Crippen LogP contribution in [0.25, 0.3) is 0 Å². The van der Waals surface area contributed by atoms with E-state index in [9.17, 15) is 9.59 Å². The van der Waals surface area contributed by atoms with Gasteiger partial charge < -0.3 is 10.4 Å². The molecule has 1 heterocycles. The fourth-order valence-corrected chi connectivity index (χ4v) is 2.31. The van der Waals surface area contributed by atoms with E-state index >= 15 is 0 Å². The molecule has 5 nitrogen and oxygen atoms in total. The molecule has 0 radical (unpaired) electrons. The zero-order valence-electron chi connectivity index (χ0n) is 14.2. The number of hydrogen-bond acceptors (Lipinski definition) is 3. The molecule has 0 atom stereocenters. The number of nitrogens with one attached hydrogen (secondary N) is 1. The first-order valence-corrected chi connectivity index (χ1v) is 7.85. The van der Waals surface area contributed by atoms with E-state index in [0.717, 1.165) is 5.56 Å². The molecule has 0 bridgehead atoms. The van der Waals surface area contributed by atoms with Crippen LogP contribution in [-0.4, -0.2) is 22.0 Å². The lowest BCUT2D eigenvalue weighted by atomic mass is 9.88. The van der Waals surface area contributed by atoms with Crippen LogP contribution >= 0.6 is 0 Å². The van der Waals surface area contributed by atoms with E-state index < -0.39 is 5.97 Å². The Bertz CT molecular complexity index is 731. The minimum Gasteiger partial charge on any atom is -0.478 e. The second-order valence-corrected chi connectivity index (χ2v) is 6.69. The molecule has 2 aromatic rings. The van der Waals surface area contributed by atoms with Crippen LogP contribution < -0.4 is 5.32 Å². The summed E-state index contributed by atoms with van der Waals surface area (Å²) in [5.41, 5.74) is 1.99. The standard InChI is InChI=1S/C19H22N2O3/c1-19(2,3)14-9-10-16(20-12-14)21-17(22)11-8-13-6-4-5-7-15(13)18(23)24/h4-7,9-10,12H,8,11H2,1-3H3,(H,23,24)(H,20,21,22). The first-order chi connectivity index (χ1) is 11.3. The molecule has 24 heavy (non-hydrogen) atoms. The minimum absolute atomic E-state index is 0.0100. The summed E-state index contributed by atoms with van der Waals surface area (Å²) in [6.45, 7) is 6.30. The molecule has 1 aromatic carbocycles. The lowest BCUT2D eigenvalue weighted by Crippen LogP contribution is -2.15. The Kier molecular flexibility index (Phi) is 5.34. The van der Waals surface area contributed by atoms with Gasteiger partial charge in [0.05, 0.1) is 5.56 Å². The van der Waals surface area contributed by atoms with Crippen LogP contribution in [-0.2, 0) is 16.6 Å². The van der Waals surface area contributed by atoms with Crippen molar-refractivity contribution in [1.82, 2.24) is 4.98 Å². The molecule has 0 spiro atoms. The number of aromatic carboxylic acids is 1. The number of carboxylic acids is 1. The van der Waals surface area contributed by atoms with Gasteiger partial charge >= 0.3 is 5.97 Å². The molecule has 1 amide bonds. The van der Waals surface area contributed by atoms with Crippen molar-refractivity contribution >= 4 is 17.7 Å². The second kappa shape index (κ2) is 7.25. The van der Waals surface area contributed by atoms with Crippen molar-refractivity contribution < 1.29 is 14.7 Å². The van der Waals surface area contributed by atoms with Crippen LogP contribution in [0.2, 0.25) is 0 Å². The highest BCUT2D eigenvalue weighted by molar-refractivity contribution is 5.91. The number of pyridine rings is 1. The third kappa shape index (κ3) is 4.65. The fourth-order valence-electron chi connectivity index (χ4n) is 2.31. The van der Waals surface area contributed by atoms with E-state index in [-0.39, 0.29) is 23.3 Å². The van der Waals surface area contributed by atoms with E-state index in [1.807, 2.05) is 6.07 Å². The molecule has 0 fully saturated rings. The average molecular weight is 326 g/mol. The Balaban J connectivity index is 1.96. The number of benzene rings is 1. The van der Waals surface area contributed by atoms with Crippen molar-refractivity contribution in [2.45, 2.75) is 39.0 Å². The van der Waals surface area contributed by atoms with E-state index in [1.165, 1.54) is 0 Å². The summed E-state index contributed by atoms with van der Waals surface area (Å²) >= 11 is 0. The summed E-state index contributed by atoms with van der Waals surface area (Å²) in [4.78, 5) is 27.5. The van der Waals surface area contributed by atoms with Crippen molar-refractivity contribution in [3.63, 3.8) is 0 Å². The molecule has 2 N–H and O–H groups in total. The molecule has 2 rings (SSSR count). The topological polar surface area (TPSA) is 79.3 Å². The smallest absolute Gasteiger partial charge is 0.335 e. The minimum atomic E-state index is -0.981. The average Bonchev–Trinajstić information content (AvgIpc) is 2.53. The van der Waals surface area contributed by atoms with Crippen LogP contribution in [0.3, 0.4) is 0 Å². The van der Waals surface area contributed by atoms with Crippen molar-refractivity contribution in [3.8, 4) is 0 Å². The van der Waals surface area contributed by atoms with Crippen molar-refractivity contribution in [3.05, 3.63) is 59.3 Å². The highest BCUT2D eigenvalue weighted by Gasteiger charge is 2.14. The normalized spacial score (nSPS) is 11.1. The van der Waals surface area contributed by atoms with Gasteiger partial charge in [0, 0.05) is 12.6 Å². The zero-order chi connectivity index (χ0) is 17.7. The Labute approximate surface area is 141 Å². The molecular weight excluding hydrogens is 304 g/mol. The highest BCUT2D eigenvalue weighted by Crippen LogP contribution is 2.22. The van der Waals surface area contributed by atoms with Gasteiger partial charge in [-0.15, -0.1) is 0 Å². The molecule has 5 heteroatoms. The van der Waals surface area contributed by atoms with Gasteiger partial charge in [-0.1, -0.05) is 45.0 Å². The maximum absolute atomic E-state index is 12.1. The Hall–Kier alpha value is -2.69. The van der Waals surface area contributed by atoms with Crippen LogP contribution in [0, 0.1) is 0 Å². The maximum Gasteiger partial charge on any atom is 0.335 e. The Morgan fingerprint density at radius 1 is 1.12 bits per heavy atom. The molecule has 0 aliphatic carbocycles. The lowest BCUT2D eigenvalue weighted by Gasteiger charge is -2.18. The summed E-state index contributed by atoms with van der Waals surface area (Å²) in [5, 5.41) is 11.9. The van der Waals surface area contributed by atoms with Gasteiger partial charge in [-0.2, -0.15) is 0 Å². The lowest BCUT2D eigenvalue weighted by molar-refractivity contribution is -0.116. The summed E-state index contributed by atoms with van der Waals surface area (Å²) < 4.78 is 0. The first-order valence-electron chi connectivity index (χ1n) is 7.85. The molecule has 1 aromatic heterocycles. The van der Waals surface area contributed by atoms with Crippen LogP contribution in [0.1, 0.15) is 48.7 Å². The summed E-state index contributed by atoms with van der Waals surface area (Å²) in [7, 11) is 0. The number of hydrogen-bond donors (Lipinski definition) is 2. The second-order valence-electron chi connectivity index (χ2n) is 6.69. The van der Waals surface area contributed by atoms with Gasteiger partial charge in [-0.3, -0.25) is 4.79 Å². The van der Waals surface area contributed by atoms with Gasteiger partial charge in [0.25, 0.3) is 0 Å². The number of carbonyl (C=O) groups is 2. The summed E-state index contributed by atoms with van der Waals surface area (Å²) in [6.07, 6.45) is 2.33. The highest BCUT2D eigenvalue weighted by atomic mass is 16.4. The quantitative estimate of drug-likeness (QED) is 0.879. The van der Waals surface area contributed by atoms with Gasteiger partial charge in [0.15, 0.2) is 0 Å². The van der Waals surface area contributed by atoms with Crippen molar-refractivity contribution in [2.75, 3.05) is 5.32 Å². The van der Waals surface area contributed by atoms with Gasteiger partial charge in [0.2, 0.25) is 5.91 Å². The van der Waals surface area contributed by atoms with E-state index in [2.05, 4.69) is 31.1 Å². The van der Waals surface area contributed by atoms with Gasteiger partial charge in [0.1, 0.15) is 5.82 Å². The molecule has 0 saturated heterocycles. The van der Waals surface area contributed by atoms with Gasteiger partial charge in [-0.25, -0.2) is 9.78 Å². The molecule has 0 aliphatic heterocycles. The monoisotopic (exact) mass is 326 g/mol. The number of rotatable bonds is 5. The number of amides is 1. The van der Waals surface area contributed by atoms with E-state index in [0.29, 0.717) is 17.8 Å². The number of carboxylic acid groups (broad SMARTS) is 1. The first kappa shape index (κ1) is 17.7. The Morgan fingerprint density at radius 2 is 1.83 bits per heavy atom. The maximum atomic E-state index is 12.1. The molecular formula is C19H22N2O3. The number of aryl methyl sites for hydroxylation is 1. The van der Waals surface area contributed by atoms with Crippen molar-refractivity contribution in [2.24, 2.45) is 0 Å². The SMILES string of the molecule is CC(C)(C)c1ccc(NC(=O)CCc2ccccc2C(=O)O)nc1. The molecule has 126 valence electrons. The third-order valence-corrected chi connectivity index (χ3v) is 3.77. The zero-order valence-corrected chi connectivity index (χ0v) is 14.2. The van der Waals surface area contributed by atoms with Gasteiger partial charge in [-0.05, 0) is 35.1 Å². The predicted molar refractivity (Wildman–Crippen MR) is 93.3 cm³/mol. The fraction of sp³-hybridized carbons (Fsp3) is 0.316. The molecule has 0 saturated carbocycles. The number of aromatic nitrogens is 1. The third-order valence-electron chi connectivity index (χ3n) is 3.77.